The summed E-state index contributed by atoms with van der Waals surface area (Å²) in [6.07, 6.45) is 0.463. The number of hydrogen-bond acceptors (Lipinski definition) is 4. The lowest BCUT2D eigenvalue weighted by molar-refractivity contribution is -0.122. The summed E-state index contributed by atoms with van der Waals surface area (Å²) in [6, 6.07) is 0. The largest absolute Gasteiger partial charge is 0.610 e. The quantitative estimate of drug-likeness (QED) is 0.235. The van der Waals surface area contributed by atoms with Crippen molar-refractivity contribution in [3.63, 3.8) is 0 Å². The fraction of sp³-hybridized carbons (Fsp3) is 0.750. The average Bonchev–Trinajstić information content (AvgIpc) is 2.23. The molecule has 82 valence electrons. The van der Waals surface area contributed by atoms with Gasteiger partial charge in [-0.2, -0.15) is 0 Å². The fourth-order valence-corrected chi connectivity index (χ4v) is 2.05. The van der Waals surface area contributed by atoms with Crippen molar-refractivity contribution in [1.29, 1.82) is 0 Å². The van der Waals surface area contributed by atoms with E-state index in [1.54, 1.807) is 13.8 Å². The van der Waals surface area contributed by atoms with Crippen molar-refractivity contribution in [3.05, 3.63) is 0 Å². The highest BCUT2D eigenvalue weighted by molar-refractivity contribution is 8.06. The van der Waals surface area contributed by atoms with Gasteiger partial charge >= 0.3 is 0 Å². The second-order valence-electron chi connectivity index (χ2n) is 2.65. The van der Waals surface area contributed by atoms with Gasteiger partial charge < -0.3 is 15.1 Å². The van der Waals surface area contributed by atoms with Gasteiger partial charge in [-0.3, -0.25) is 4.79 Å². The smallest absolute Gasteiger partial charge is 0.267 e. The Morgan fingerprint density at radius 2 is 2.21 bits per heavy atom. The van der Waals surface area contributed by atoms with Gasteiger partial charge in [0.2, 0.25) is 5.91 Å². The molecule has 2 atom stereocenters. The van der Waals surface area contributed by atoms with E-state index < -0.39 is 17.1 Å². The van der Waals surface area contributed by atoms with E-state index in [4.69, 9.17) is 5.21 Å². The standard InChI is InChI=1S/C8H16N2O3S/c1-4-6(7(11)9-3)8(10-12)14(13)5-2/h6,12H,4-5H2,1-3H3,(H,9,11)/b10-8-. The average molecular weight is 220 g/mol. The molecular weight excluding hydrogens is 204 g/mol. The number of carbonyl (C=O) groups is 1. The molecule has 0 aromatic carbocycles. The molecule has 2 N–H and O–H groups in total. The lowest BCUT2D eigenvalue weighted by Gasteiger charge is -2.15. The van der Waals surface area contributed by atoms with Crippen molar-refractivity contribution in [2.24, 2.45) is 11.1 Å². The number of rotatable bonds is 4. The van der Waals surface area contributed by atoms with Crippen LogP contribution in [0.1, 0.15) is 20.3 Å². The Kier molecular flexibility index (Phi) is 6.31. The molecule has 0 saturated carbocycles. The molecule has 0 radical (unpaired) electrons. The zero-order valence-corrected chi connectivity index (χ0v) is 9.43. The van der Waals surface area contributed by atoms with E-state index in [2.05, 4.69) is 10.5 Å². The van der Waals surface area contributed by atoms with Crippen LogP contribution in [0, 0.1) is 5.92 Å². The molecule has 0 aliphatic carbocycles. The van der Waals surface area contributed by atoms with Crippen LogP contribution < -0.4 is 5.32 Å². The van der Waals surface area contributed by atoms with Gasteiger partial charge in [0.05, 0.1) is 0 Å². The summed E-state index contributed by atoms with van der Waals surface area (Å²) in [6.45, 7) is 3.48. The molecule has 0 saturated heterocycles. The number of oxime groups is 1. The topological polar surface area (TPSA) is 84.8 Å². The van der Waals surface area contributed by atoms with Gasteiger partial charge in [0.15, 0.2) is 0 Å². The number of hydrogen-bond donors (Lipinski definition) is 2. The summed E-state index contributed by atoms with van der Waals surface area (Å²) in [5.41, 5.74) is 0. The lowest BCUT2D eigenvalue weighted by atomic mass is 10.1. The minimum Gasteiger partial charge on any atom is -0.610 e. The van der Waals surface area contributed by atoms with E-state index in [0.717, 1.165) is 0 Å². The molecule has 0 aromatic heterocycles. The van der Waals surface area contributed by atoms with Crippen LogP contribution in [-0.4, -0.2) is 33.5 Å². The van der Waals surface area contributed by atoms with Crippen LogP contribution in [0.3, 0.4) is 0 Å². The van der Waals surface area contributed by atoms with Gasteiger partial charge in [-0.25, -0.2) is 0 Å². The van der Waals surface area contributed by atoms with E-state index in [1.165, 1.54) is 7.05 Å². The van der Waals surface area contributed by atoms with Gasteiger partial charge in [0.25, 0.3) is 5.04 Å². The van der Waals surface area contributed by atoms with Crippen molar-refractivity contribution in [2.45, 2.75) is 20.3 Å². The van der Waals surface area contributed by atoms with Gasteiger partial charge in [-0.05, 0) is 18.5 Å². The van der Waals surface area contributed by atoms with Gasteiger partial charge in [-0.15, -0.1) is 0 Å². The number of amides is 1. The molecule has 0 bridgehead atoms. The van der Waals surface area contributed by atoms with E-state index in [0.29, 0.717) is 12.2 Å². The van der Waals surface area contributed by atoms with Crippen molar-refractivity contribution in [1.82, 2.24) is 5.32 Å². The highest BCUT2D eigenvalue weighted by Gasteiger charge is 2.31. The van der Waals surface area contributed by atoms with Crippen LogP contribution >= 0.6 is 0 Å². The predicted molar refractivity (Wildman–Crippen MR) is 55.8 cm³/mol. The summed E-state index contributed by atoms with van der Waals surface area (Å²) in [4.78, 5) is 11.3. The Morgan fingerprint density at radius 1 is 1.64 bits per heavy atom. The third-order valence-electron chi connectivity index (χ3n) is 1.86. The third-order valence-corrected chi connectivity index (χ3v) is 3.22. The first-order chi connectivity index (χ1) is 6.62. The molecular formula is C8H16N2O3S. The van der Waals surface area contributed by atoms with Gasteiger partial charge in [-0.1, -0.05) is 6.92 Å². The van der Waals surface area contributed by atoms with E-state index in [1.807, 2.05) is 0 Å². The van der Waals surface area contributed by atoms with E-state index in [-0.39, 0.29) is 11.0 Å². The monoisotopic (exact) mass is 220 g/mol. The normalized spacial score (nSPS) is 16.1. The molecule has 0 aliphatic rings. The summed E-state index contributed by atoms with van der Waals surface area (Å²) in [5, 5.41) is 14.1. The molecule has 6 heteroatoms. The maximum atomic E-state index is 11.4. The zero-order chi connectivity index (χ0) is 11.1. The molecule has 2 unspecified atom stereocenters. The summed E-state index contributed by atoms with van der Waals surface area (Å²) >= 11 is -1.38. The molecule has 0 spiro atoms. The van der Waals surface area contributed by atoms with E-state index >= 15 is 0 Å². The van der Waals surface area contributed by atoms with Crippen molar-refractivity contribution in [2.75, 3.05) is 12.8 Å². The predicted octanol–water partition coefficient (Wildman–Crippen LogP) is 0.315. The molecule has 0 rings (SSSR count). The fourth-order valence-electron chi connectivity index (χ4n) is 1.07. The highest BCUT2D eigenvalue weighted by atomic mass is 32.2. The Morgan fingerprint density at radius 3 is 2.50 bits per heavy atom. The molecule has 0 fully saturated rings. The molecule has 1 amide bonds. The van der Waals surface area contributed by atoms with E-state index in [9.17, 15) is 9.35 Å². The summed E-state index contributed by atoms with van der Waals surface area (Å²) < 4.78 is 11.4. The van der Waals surface area contributed by atoms with Gasteiger partial charge in [0, 0.05) is 18.2 Å². The first-order valence-electron chi connectivity index (χ1n) is 4.44. The molecule has 5 nitrogen and oxygen atoms in total. The number of carbonyl (C=O) groups excluding carboxylic acids is 1. The van der Waals surface area contributed by atoms with Crippen LogP contribution in [0.15, 0.2) is 5.16 Å². The van der Waals surface area contributed by atoms with Gasteiger partial charge in [0.1, 0.15) is 11.7 Å². The van der Waals surface area contributed by atoms with Crippen LogP contribution in [0.2, 0.25) is 0 Å². The minimum absolute atomic E-state index is 0.0503. The zero-order valence-electron chi connectivity index (χ0n) is 8.61. The second kappa shape index (κ2) is 6.67. The van der Waals surface area contributed by atoms with Crippen LogP contribution in [0.4, 0.5) is 0 Å². The number of nitrogens with one attached hydrogen (secondary N) is 1. The Labute approximate surface area is 86.7 Å². The summed E-state index contributed by atoms with van der Waals surface area (Å²) in [5.74, 6) is -0.541. The van der Waals surface area contributed by atoms with Crippen LogP contribution in [0.5, 0.6) is 0 Å². The van der Waals surface area contributed by atoms with Crippen molar-refractivity contribution >= 4 is 22.1 Å². The summed E-state index contributed by atoms with van der Waals surface area (Å²) in [7, 11) is 1.49. The first-order valence-corrected chi connectivity index (χ1v) is 5.76. The lowest BCUT2D eigenvalue weighted by Crippen LogP contribution is -2.37. The third kappa shape index (κ3) is 3.19. The molecule has 0 aromatic rings. The molecule has 0 heterocycles. The minimum atomic E-state index is -1.38. The maximum absolute atomic E-state index is 11.4. The highest BCUT2D eigenvalue weighted by Crippen LogP contribution is 2.11. The maximum Gasteiger partial charge on any atom is 0.267 e. The Balaban J connectivity index is 4.71. The van der Waals surface area contributed by atoms with Crippen LogP contribution in [-0.2, 0) is 16.0 Å². The Hall–Kier alpha value is -0.750. The Bertz CT molecular complexity index is 221. The molecule has 0 aliphatic heterocycles. The SMILES string of the molecule is CCC(C(=O)NC)/C(=N/O)[S+]([O-])CC. The van der Waals surface area contributed by atoms with Crippen molar-refractivity contribution in [3.8, 4) is 0 Å². The molecule has 14 heavy (non-hydrogen) atoms. The van der Waals surface area contributed by atoms with Crippen molar-refractivity contribution < 1.29 is 14.6 Å². The van der Waals surface area contributed by atoms with Crippen LogP contribution in [0.25, 0.3) is 0 Å². The number of nitrogens with zero attached hydrogens (tertiary/aromatic N) is 1. The first kappa shape index (κ1) is 13.2. The second-order valence-corrected chi connectivity index (χ2v) is 4.33.